The molecule has 4 nitrogen and oxygen atoms in total. The summed E-state index contributed by atoms with van der Waals surface area (Å²) < 4.78 is 1.04. The quantitative estimate of drug-likeness (QED) is 0.846. The first-order valence-corrected chi connectivity index (χ1v) is 6.90. The summed E-state index contributed by atoms with van der Waals surface area (Å²) in [5.41, 5.74) is 1.19. The molecule has 96 valence electrons. The molecular formula is C13H15BrN2O2. The van der Waals surface area contributed by atoms with E-state index in [1.54, 1.807) is 0 Å². The van der Waals surface area contributed by atoms with E-state index in [0.29, 0.717) is 6.54 Å². The van der Waals surface area contributed by atoms with Crippen molar-refractivity contribution in [3.05, 3.63) is 34.3 Å². The van der Waals surface area contributed by atoms with Crippen LogP contribution in [0, 0.1) is 0 Å². The highest BCUT2D eigenvalue weighted by atomic mass is 79.9. The number of hydrogen-bond acceptors (Lipinski definition) is 3. The van der Waals surface area contributed by atoms with Crippen LogP contribution in [0.5, 0.6) is 0 Å². The van der Waals surface area contributed by atoms with Gasteiger partial charge in [0.05, 0.1) is 25.2 Å². The number of fused-ring (bicyclic) bond motifs is 1. The van der Waals surface area contributed by atoms with Crippen molar-refractivity contribution in [2.45, 2.75) is 18.0 Å². The van der Waals surface area contributed by atoms with E-state index in [0.717, 1.165) is 11.0 Å². The van der Waals surface area contributed by atoms with Gasteiger partial charge in [-0.3, -0.25) is 4.79 Å². The van der Waals surface area contributed by atoms with Gasteiger partial charge in [-0.25, -0.2) is 0 Å². The molecule has 0 bridgehead atoms. The lowest BCUT2D eigenvalue weighted by Crippen LogP contribution is -2.72. The summed E-state index contributed by atoms with van der Waals surface area (Å²) >= 11 is 3.42. The maximum absolute atomic E-state index is 11.8. The molecule has 2 fully saturated rings. The van der Waals surface area contributed by atoms with Crippen LogP contribution in [0.3, 0.4) is 0 Å². The van der Waals surface area contributed by atoms with Gasteiger partial charge in [-0.2, -0.15) is 0 Å². The van der Waals surface area contributed by atoms with Crippen LogP contribution in [0.25, 0.3) is 0 Å². The lowest BCUT2D eigenvalue weighted by atomic mass is 9.74. The van der Waals surface area contributed by atoms with Gasteiger partial charge >= 0.3 is 0 Å². The molecular weight excluding hydrogens is 296 g/mol. The molecule has 2 N–H and O–H groups in total. The minimum absolute atomic E-state index is 0.0307. The zero-order valence-electron chi connectivity index (χ0n) is 9.84. The minimum Gasteiger partial charge on any atom is -0.394 e. The van der Waals surface area contributed by atoms with Crippen LogP contribution in [0.15, 0.2) is 28.7 Å². The molecule has 0 saturated carbocycles. The fraction of sp³-hybridized carbons (Fsp3) is 0.462. The predicted octanol–water partition coefficient (Wildman–Crippen LogP) is 0.708. The molecule has 18 heavy (non-hydrogen) atoms. The van der Waals surface area contributed by atoms with E-state index in [2.05, 4.69) is 33.4 Å². The lowest BCUT2D eigenvalue weighted by molar-refractivity contribution is -0.153. The highest BCUT2D eigenvalue weighted by Crippen LogP contribution is 2.41. The van der Waals surface area contributed by atoms with Crippen molar-refractivity contribution in [2.24, 2.45) is 0 Å². The smallest absolute Gasteiger partial charge is 0.237 e. The Morgan fingerprint density at radius 1 is 1.39 bits per heavy atom. The Kier molecular flexibility index (Phi) is 3.13. The third-order valence-corrected chi connectivity index (χ3v) is 4.43. The van der Waals surface area contributed by atoms with Crippen molar-refractivity contribution in [2.75, 3.05) is 19.7 Å². The molecule has 3 atom stereocenters. The van der Waals surface area contributed by atoms with Crippen LogP contribution < -0.4 is 5.32 Å². The third-order valence-electron chi connectivity index (χ3n) is 3.90. The molecule has 2 heterocycles. The summed E-state index contributed by atoms with van der Waals surface area (Å²) in [4.78, 5) is 13.6. The summed E-state index contributed by atoms with van der Waals surface area (Å²) in [6.07, 6.45) is 0. The Bertz CT molecular complexity index is 457. The second kappa shape index (κ2) is 4.64. The van der Waals surface area contributed by atoms with Gasteiger partial charge in [0.1, 0.15) is 0 Å². The fourth-order valence-corrected chi connectivity index (χ4v) is 3.36. The van der Waals surface area contributed by atoms with Crippen LogP contribution in [0.1, 0.15) is 11.5 Å². The van der Waals surface area contributed by atoms with Gasteiger partial charge in [-0.15, -0.1) is 0 Å². The van der Waals surface area contributed by atoms with Crippen molar-refractivity contribution in [3.8, 4) is 0 Å². The number of aliphatic hydroxyl groups excluding tert-OH is 1. The van der Waals surface area contributed by atoms with E-state index >= 15 is 0 Å². The minimum atomic E-state index is -0.0641. The summed E-state index contributed by atoms with van der Waals surface area (Å²) in [7, 11) is 0. The Balaban J connectivity index is 1.88. The first-order valence-electron chi connectivity index (χ1n) is 6.10. The van der Waals surface area contributed by atoms with Crippen molar-refractivity contribution < 1.29 is 9.90 Å². The second-order valence-electron chi connectivity index (χ2n) is 4.83. The van der Waals surface area contributed by atoms with Crippen molar-refractivity contribution in [1.82, 2.24) is 10.2 Å². The molecule has 1 aromatic carbocycles. The molecule has 0 spiro atoms. The summed E-state index contributed by atoms with van der Waals surface area (Å²) in [5, 5.41) is 12.6. The largest absolute Gasteiger partial charge is 0.394 e. The molecule has 0 radical (unpaired) electrons. The van der Waals surface area contributed by atoms with E-state index in [4.69, 9.17) is 0 Å². The van der Waals surface area contributed by atoms with Crippen LogP contribution in [0.2, 0.25) is 0 Å². The van der Waals surface area contributed by atoms with Crippen LogP contribution in [-0.4, -0.2) is 47.7 Å². The summed E-state index contributed by atoms with van der Waals surface area (Å²) in [5.74, 6) is 0.332. The molecule has 0 aliphatic carbocycles. The van der Waals surface area contributed by atoms with Crippen molar-refractivity contribution >= 4 is 21.8 Å². The maximum atomic E-state index is 11.8. The Labute approximate surface area is 114 Å². The zero-order valence-corrected chi connectivity index (χ0v) is 11.4. The number of piperazine rings is 1. The lowest BCUT2D eigenvalue weighted by Gasteiger charge is -2.57. The average molecular weight is 311 g/mol. The summed E-state index contributed by atoms with van der Waals surface area (Å²) in [6.45, 7) is 1.23. The molecule has 1 aromatic rings. The Morgan fingerprint density at radius 3 is 2.78 bits per heavy atom. The molecule has 2 aliphatic rings. The standard InChI is InChI=1S/C13H15BrN2O2/c14-9-3-1-8(2-4-9)13-10-5-15-6-12(18)16(10)11(13)7-17/h1-4,10-11,13,15,17H,5-7H2/t10-,11+,13+/m1/s1. The topological polar surface area (TPSA) is 52.6 Å². The van der Waals surface area contributed by atoms with Crippen molar-refractivity contribution in [3.63, 3.8) is 0 Å². The fourth-order valence-electron chi connectivity index (χ4n) is 3.09. The van der Waals surface area contributed by atoms with Crippen LogP contribution >= 0.6 is 15.9 Å². The molecule has 0 unspecified atom stereocenters. The normalized spacial score (nSPS) is 30.9. The number of hydrogen-bond donors (Lipinski definition) is 2. The number of halogens is 1. The van der Waals surface area contributed by atoms with Gasteiger partial charge in [-0.05, 0) is 17.7 Å². The van der Waals surface area contributed by atoms with Gasteiger partial charge < -0.3 is 15.3 Å². The van der Waals surface area contributed by atoms with E-state index in [9.17, 15) is 9.90 Å². The van der Waals surface area contributed by atoms with E-state index in [1.165, 1.54) is 5.56 Å². The van der Waals surface area contributed by atoms with Gasteiger partial charge in [0.25, 0.3) is 0 Å². The van der Waals surface area contributed by atoms with Gasteiger partial charge in [0.15, 0.2) is 0 Å². The highest BCUT2D eigenvalue weighted by Gasteiger charge is 2.52. The maximum Gasteiger partial charge on any atom is 0.237 e. The zero-order chi connectivity index (χ0) is 12.7. The monoisotopic (exact) mass is 310 g/mol. The number of aliphatic hydroxyl groups is 1. The third kappa shape index (κ3) is 1.77. The number of nitrogens with one attached hydrogen (secondary N) is 1. The molecule has 1 amide bonds. The van der Waals surface area contributed by atoms with E-state index < -0.39 is 0 Å². The average Bonchev–Trinajstić information content (AvgIpc) is 2.34. The Morgan fingerprint density at radius 2 is 2.11 bits per heavy atom. The number of benzene rings is 1. The molecule has 2 saturated heterocycles. The van der Waals surface area contributed by atoms with Crippen LogP contribution in [-0.2, 0) is 4.79 Å². The SMILES string of the molecule is O=C1CNC[C@@H]2[C@H](c3ccc(Br)cc3)[C@H](CO)N12. The number of nitrogens with zero attached hydrogens (tertiary/aromatic N) is 1. The Hall–Kier alpha value is -0.910. The number of rotatable bonds is 2. The van der Waals surface area contributed by atoms with E-state index in [-0.39, 0.29) is 30.5 Å². The number of carbonyl (C=O) groups excluding carboxylic acids is 1. The van der Waals surface area contributed by atoms with Crippen LogP contribution in [0.4, 0.5) is 0 Å². The molecule has 0 aromatic heterocycles. The summed E-state index contributed by atoms with van der Waals surface area (Å²) in [6, 6.07) is 8.26. The molecule has 3 rings (SSSR count). The van der Waals surface area contributed by atoms with Gasteiger partial charge in [0.2, 0.25) is 5.91 Å². The van der Waals surface area contributed by atoms with Crippen molar-refractivity contribution in [1.29, 1.82) is 0 Å². The molecule has 2 aliphatic heterocycles. The first kappa shape index (κ1) is 12.1. The second-order valence-corrected chi connectivity index (χ2v) is 5.74. The van der Waals surface area contributed by atoms with Gasteiger partial charge in [0, 0.05) is 16.9 Å². The van der Waals surface area contributed by atoms with E-state index in [1.807, 2.05) is 17.0 Å². The van der Waals surface area contributed by atoms with Gasteiger partial charge in [-0.1, -0.05) is 28.1 Å². The predicted molar refractivity (Wildman–Crippen MR) is 71.3 cm³/mol. The number of amides is 1. The highest BCUT2D eigenvalue weighted by molar-refractivity contribution is 9.10. The number of carbonyl (C=O) groups is 1. The first-order chi connectivity index (χ1) is 8.72. The molecule has 5 heteroatoms.